The van der Waals surface area contributed by atoms with Crippen LogP contribution in [-0.4, -0.2) is 20.4 Å². The Morgan fingerprint density at radius 3 is 1.57 bits per heavy atom. The van der Waals surface area contributed by atoms with Gasteiger partial charge in [-0.25, -0.2) is 0 Å². The first-order valence-corrected chi connectivity index (χ1v) is 20.8. The van der Waals surface area contributed by atoms with E-state index in [1.54, 1.807) is 6.08 Å². The van der Waals surface area contributed by atoms with Gasteiger partial charge in [-0.15, -0.1) is 0 Å². The Bertz CT molecular complexity index is 609. The molecule has 0 fully saturated rings. The van der Waals surface area contributed by atoms with Crippen LogP contribution >= 0.6 is 0 Å². The van der Waals surface area contributed by atoms with Crippen LogP contribution in [0.5, 0.6) is 0 Å². The summed E-state index contributed by atoms with van der Waals surface area (Å²) in [6.07, 6.45) is 1.73. The standard InChI is InChI=1S/C8H14O.2C6H5.HI.Sn/c1-6-8(5,9)7(2,3)4;2*1-2-4-6-5-3-1;;/h1,6H,2-5H3;2*1-5H;1H;/q;;;;+1. The van der Waals surface area contributed by atoms with Crippen molar-refractivity contribution >= 4 is 22.0 Å². The molecular weight excluding hydrogens is 502 g/mol. The molecule has 0 N–H and O–H groups in total. The molecule has 0 aliphatic rings. The molecule has 0 spiro atoms. The van der Waals surface area contributed by atoms with Crippen LogP contribution in [0.25, 0.3) is 0 Å². The molecule has 121 valence electrons. The summed E-state index contributed by atoms with van der Waals surface area (Å²) >= 11 is -1.06. The number of halogens is 1. The molecule has 2 aromatic carbocycles. The van der Waals surface area contributed by atoms with Gasteiger partial charge in [0.2, 0.25) is 0 Å². The molecule has 0 aliphatic carbocycles. The fraction of sp³-hybridized carbons (Fsp3) is 0.300. The molecule has 0 aromatic heterocycles. The SMILES string of the molecule is [CH+]=CC(C)([O][Sn-]([IH+])([c]1ccccc1)[c]1ccccc1)C(C)(C)C. The van der Waals surface area contributed by atoms with E-state index in [1.165, 1.54) is 7.16 Å². The molecule has 0 heterocycles. The van der Waals surface area contributed by atoms with Crippen LogP contribution in [0, 0.1) is 12.0 Å². The second kappa shape index (κ2) is 7.22. The molecule has 0 saturated heterocycles. The first-order valence-electron chi connectivity index (χ1n) is 7.81. The number of hydrogen-bond donors (Lipinski definition) is 0. The minimum atomic E-state index is -3.29. The normalized spacial score (nSPS) is 15.0. The van der Waals surface area contributed by atoms with Crippen LogP contribution in [0.1, 0.15) is 27.7 Å². The van der Waals surface area contributed by atoms with Crippen molar-refractivity contribution in [3.05, 3.63) is 73.3 Å². The van der Waals surface area contributed by atoms with Gasteiger partial charge in [-0.2, -0.15) is 0 Å². The summed E-state index contributed by atoms with van der Waals surface area (Å²) in [5.41, 5.74) is -0.558. The van der Waals surface area contributed by atoms with Crippen molar-refractivity contribution in [2.75, 3.05) is 0 Å². The molecule has 2 aromatic rings. The third kappa shape index (κ3) is 3.98. The molecule has 1 atom stereocenters. The first kappa shape index (κ1) is 18.9. The Hall–Kier alpha value is -0.421. The Kier molecular flexibility index (Phi) is 5.94. The second-order valence-corrected chi connectivity index (χ2v) is 25.4. The first-order chi connectivity index (χ1) is 10.7. The molecule has 0 amide bonds. The van der Waals surface area contributed by atoms with E-state index < -0.39 is 20.4 Å². The third-order valence-corrected chi connectivity index (χ3v) is 23.4. The maximum absolute atomic E-state index is 6.95. The summed E-state index contributed by atoms with van der Waals surface area (Å²) in [4.78, 5) is 0. The monoisotopic (exact) mass is 528 g/mol. The predicted molar refractivity (Wildman–Crippen MR) is 97.1 cm³/mol. The van der Waals surface area contributed by atoms with E-state index in [0.717, 1.165) is 0 Å². The molecule has 0 radical (unpaired) electrons. The van der Waals surface area contributed by atoms with E-state index in [9.17, 15) is 0 Å². The molecule has 2 rings (SSSR count). The molecule has 0 bridgehead atoms. The zero-order chi connectivity index (χ0) is 17.1. The maximum atomic E-state index is 6.95. The summed E-state index contributed by atoms with van der Waals surface area (Å²) in [5, 5.41) is 0. The molecule has 0 aliphatic heterocycles. The fourth-order valence-electron chi connectivity index (χ4n) is 2.34. The second-order valence-electron chi connectivity index (χ2n) is 6.97. The van der Waals surface area contributed by atoms with Gasteiger partial charge in [0.1, 0.15) is 0 Å². The van der Waals surface area contributed by atoms with Crippen LogP contribution in [0.4, 0.5) is 0 Å². The topological polar surface area (TPSA) is 9.23 Å². The zero-order valence-electron chi connectivity index (χ0n) is 14.2. The van der Waals surface area contributed by atoms with Crippen LogP contribution in [0.2, 0.25) is 0 Å². The van der Waals surface area contributed by atoms with Crippen LogP contribution < -0.4 is 25.8 Å². The Balaban J connectivity index is 2.58. The minimum absolute atomic E-state index is 0.0783. The van der Waals surface area contributed by atoms with Gasteiger partial charge in [0.05, 0.1) is 0 Å². The molecule has 1 nitrogen and oxygen atoms in total. The summed E-state index contributed by atoms with van der Waals surface area (Å²) in [7, 11) is 0. The van der Waals surface area contributed by atoms with Gasteiger partial charge in [0.15, 0.2) is 0 Å². The molecule has 23 heavy (non-hydrogen) atoms. The molecule has 0 saturated carbocycles. The van der Waals surface area contributed by atoms with Crippen LogP contribution in [-0.2, 0) is 3.07 Å². The summed E-state index contributed by atoms with van der Waals surface area (Å²) in [6, 6.07) is 21.3. The van der Waals surface area contributed by atoms with Gasteiger partial charge in [0, 0.05) is 0 Å². The van der Waals surface area contributed by atoms with Gasteiger partial charge in [0.25, 0.3) is 0 Å². The summed E-state index contributed by atoms with van der Waals surface area (Å²) in [5.74, 6) is 0. The van der Waals surface area contributed by atoms with E-state index in [0.29, 0.717) is 0 Å². The number of rotatable bonds is 5. The quantitative estimate of drug-likeness (QED) is 0.310. The van der Waals surface area contributed by atoms with E-state index in [4.69, 9.17) is 9.65 Å². The van der Waals surface area contributed by atoms with Gasteiger partial charge in [-0.05, 0) is 0 Å². The van der Waals surface area contributed by atoms with E-state index >= 15 is 0 Å². The van der Waals surface area contributed by atoms with E-state index in [2.05, 4.69) is 107 Å². The number of benzene rings is 2. The van der Waals surface area contributed by atoms with E-state index in [-0.39, 0.29) is 5.41 Å². The van der Waals surface area contributed by atoms with Crippen LogP contribution in [0.15, 0.2) is 66.7 Å². The Labute approximate surface area is 154 Å². The fourth-order valence-corrected chi connectivity index (χ4v) is 18.9. The zero-order valence-corrected chi connectivity index (χ0v) is 19.4. The van der Waals surface area contributed by atoms with Crippen molar-refractivity contribution in [3.8, 4) is 0 Å². The van der Waals surface area contributed by atoms with Gasteiger partial charge >= 0.3 is 156 Å². The van der Waals surface area contributed by atoms with Crippen molar-refractivity contribution in [2.24, 2.45) is 5.41 Å². The molecule has 3 heteroatoms. The van der Waals surface area contributed by atoms with Gasteiger partial charge < -0.3 is 0 Å². The van der Waals surface area contributed by atoms with E-state index in [1.807, 2.05) is 0 Å². The molecular formula is C20H25IOSn+. The van der Waals surface area contributed by atoms with Gasteiger partial charge in [-0.3, -0.25) is 0 Å². The van der Waals surface area contributed by atoms with Crippen molar-refractivity contribution < 1.29 is 21.7 Å². The van der Waals surface area contributed by atoms with Crippen molar-refractivity contribution in [2.45, 2.75) is 33.3 Å². The Morgan fingerprint density at radius 2 is 1.26 bits per heavy atom. The summed E-state index contributed by atoms with van der Waals surface area (Å²) in [6.45, 7) is 14.7. The Morgan fingerprint density at radius 1 is 0.870 bits per heavy atom. The van der Waals surface area contributed by atoms with Crippen molar-refractivity contribution in [3.63, 3.8) is 0 Å². The van der Waals surface area contributed by atoms with Crippen molar-refractivity contribution in [1.82, 2.24) is 0 Å². The average Bonchev–Trinajstić information content (AvgIpc) is 2.55. The van der Waals surface area contributed by atoms with Crippen LogP contribution in [0.3, 0.4) is 0 Å². The summed E-state index contributed by atoms with van der Waals surface area (Å²) < 4.78 is 9.60. The third-order valence-electron chi connectivity index (χ3n) is 4.47. The van der Waals surface area contributed by atoms with Gasteiger partial charge in [-0.1, -0.05) is 0 Å². The predicted octanol–water partition coefficient (Wildman–Crippen LogP) is 0.339. The average molecular weight is 527 g/mol. The van der Waals surface area contributed by atoms with Crippen molar-refractivity contribution in [1.29, 1.82) is 0 Å². The molecule has 1 unspecified atom stereocenters. The number of hydrogen-bond acceptors (Lipinski definition) is 1.